The van der Waals surface area contributed by atoms with Gasteiger partial charge in [-0.25, -0.2) is 0 Å². The molecule has 27 heavy (non-hydrogen) atoms. The first kappa shape index (κ1) is 19.7. The Labute approximate surface area is 166 Å². The van der Waals surface area contributed by atoms with Crippen LogP contribution < -0.4 is 0 Å². The minimum absolute atomic E-state index is 0.248. The van der Waals surface area contributed by atoms with Crippen molar-refractivity contribution in [2.75, 3.05) is 0 Å². The molecule has 0 saturated carbocycles. The van der Waals surface area contributed by atoms with E-state index in [-0.39, 0.29) is 10.8 Å². The van der Waals surface area contributed by atoms with Gasteiger partial charge in [-0.3, -0.25) is 0 Å². The van der Waals surface area contributed by atoms with Crippen LogP contribution in [0, 0.1) is 0 Å². The Morgan fingerprint density at radius 2 is 1.11 bits per heavy atom. The molecule has 0 fully saturated rings. The SMILES string of the molecule is C=C(C)c1ccc(/C(C)=C(\C)c2ccc3c(c2)C(C)(C)CCC3(C)C)cc1. The number of benzene rings is 2. The summed E-state index contributed by atoms with van der Waals surface area (Å²) >= 11 is 0. The van der Waals surface area contributed by atoms with Crippen LogP contribution in [0.5, 0.6) is 0 Å². The Morgan fingerprint density at radius 1 is 0.667 bits per heavy atom. The van der Waals surface area contributed by atoms with Gasteiger partial charge in [-0.2, -0.15) is 0 Å². The monoisotopic (exact) mass is 358 g/mol. The zero-order valence-electron chi connectivity index (χ0n) is 18.2. The molecule has 0 nitrogen and oxygen atoms in total. The van der Waals surface area contributed by atoms with Gasteiger partial charge in [0.05, 0.1) is 0 Å². The van der Waals surface area contributed by atoms with Crippen LogP contribution in [0.3, 0.4) is 0 Å². The molecule has 0 aliphatic heterocycles. The van der Waals surface area contributed by atoms with E-state index in [1.54, 1.807) is 0 Å². The summed E-state index contributed by atoms with van der Waals surface area (Å²) in [5, 5.41) is 0. The lowest BCUT2D eigenvalue weighted by molar-refractivity contribution is 0.332. The Hall–Kier alpha value is -2.08. The van der Waals surface area contributed by atoms with E-state index in [1.165, 1.54) is 51.8 Å². The molecule has 0 heteroatoms. The highest BCUT2D eigenvalue weighted by Gasteiger charge is 2.36. The molecule has 0 atom stereocenters. The van der Waals surface area contributed by atoms with E-state index in [1.807, 2.05) is 0 Å². The fraction of sp³-hybridized carbons (Fsp3) is 0.407. The molecule has 2 aromatic carbocycles. The Morgan fingerprint density at radius 3 is 1.67 bits per heavy atom. The van der Waals surface area contributed by atoms with Gasteiger partial charge in [0.25, 0.3) is 0 Å². The second-order valence-electron chi connectivity index (χ2n) is 9.64. The molecule has 1 aliphatic rings. The molecule has 1 aliphatic carbocycles. The first-order valence-electron chi connectivity index (χ1n) is 10.1. The average molecular weight is 359 g/mol. The van der Waals surface area contributed by atoms with E-state index in [9.17, 15) is 0 Å². The molecule has 0 saturated heterocycles. The predicted molar refractivity (Wildman–Crippen MR) is 121 cm³/mol. The number of hydrogen-bond donors (Lipinski definition) is 0. The summed E-state index contributed by atoms with van der Waals surface area (Å²) in [7, 11) is 0. The Kier molecular flexibility index (Phi) is 4.97. The topological polar surface area (TPSA) is 0 Å². The van der Waals surface area contributed by atoms with Gasteiger partial charge in [0, 0.05) is 0 Å². The average Bonchev–Trinajstić information content (AvgIpc) is 2.64. The van der Waals surface area contributed by atoms with Gasteiger partial charge >= 0.3 is 0 Å². The predicted octanol–water partition coefficient (Wildman–Crippen LogP) is 8.02. The minimum atomic E-state index is 0.248. The van der Waals surface area contributed by atoms with Crippen molar-refractivity contribution in [2.24, 2.45) is 0 Å². The van der Waals surface area contributed by atoms with Crippen LogP contribution in [0.15, 0.2) is 49.0 Å². The van der Waals surface area contributed by atoms with Crippen molar-refractivity contribution in [3.05, 3.63) is 76.9 Å². The number of fused-ring (bicyclic) bond motifs is 1. The third-order valence-electron chi connectivity index (χ3n) is 6.66. The summed E-state index contributed by atoms with van der Waals surface area (Å²) in [5.74, 6) is 0. The fourth-order valence-electron chi connectivity index (χ4n) is 4.26. The van der Waals surface area contributed by atoms with Crippen molar-refractivity contribution in [2.45, 2.75) is 72.1 Å². The quantitative estimate of drug-likeness (QED) is 0.487. The van der Waals surface area contributed by atoms with Gasteiger partial charge in [-0.15, -0.1) is 0 Å². The van der Waals surface area contributed by atoms with Crippen LogP contribution in [-0.4, -0.2) is 0 Å². The van der Waals surface area contributed by atoms with Gasteiger partial charge < -0.3 is 0 Å². The van der Waals surface area contributed by atoms with Crippen LogP contribution in [0.4, 0.5) is 0 Å². The van der Waals surface area contributed by atoms with Gasteiger partial charge in [0.1, 0.15) is 0 Å². The lowest BCUT2D eigenvalue weighted by atomic mass is 9.63. The molecule has 0 N–H and O–H groups in total. The maximum absolute atomic E-state index is 4.04. The van der Waals surface area contributed by atoms with Gasteiger partial charge in [-0.1, -0.05) is 82.3 Å². The highest BCUT2D eigenvalue weighted by molar-refractivity contribution is 5.89. The number of rotatable bonds is 3. The zero-order valence-corrected chi connectivity index (χ0v) is 18.2. The second kappa shape index (κ2) is 6.82. The number of allylic oxidation sites excluding steroid dienone is 3. The standard InChI is InChI=1S/C27H34/c1-18(2)21-9-11-22(12-10-21)19(3)20(4)23-13-14-24-25(17-23)27(7,8)16-15-26(24,5)6/h9-14,17H,1,15-16H2,2-8H3/b20-19+. The first-order valence-corrected chi connectivity index (χ1v) is 10.1. The molecular weight excluding hydrogens is 324 g/mol. The molecule has 3 rings (SSSR count). The van der Waals surface area contributed by atoms with Crippen LogP contribution in [0.25, 0.3) is 16.7 Å². The third kappa shape index (κ3) is 3.68. The fourth-order valence-corrected chi connectivity index (χ4v) is 4.26. The first-order chi connectivity index (χ1) is 12.5. The molecule has 2 aromatic rings. The third-order valence-corrected chi connectivity index (χ3v) is 6.66. The molecule has 0 heterocycles. The van der Waals surface area contributed by atoms with E-state index in [0.717, 1.165) is 5.57 Å². The van der Waals surface area contributed by atoms with Gasteiger partial charge in [0.15, 0.2) is 0 Å². The van der Waals surface area contributed by atoms with E-state index >= 15 is 0 Å². The highest BCUT2D eigenvalue weighted by atomic mass is 14.4. The lowest BCUT2D eigenvalue weighted by Crippen LogP contribution is -2.33. The lowest BCUT2D eigenvalue weighted by Gasteiger charge is -2.42. The van der Waals surface area contributed by atoms with Crippen molar-refractivity contribution in [3.8, 4) is 0 Å². The van der Waals surface area contributed by atoms with Crippen molar-refractivity contribution in [1.82, 2.24) is 0 Å². The van der Waals surface area contributed by atoms with E-state index < -0.39 is 0 Å². The van der Waals surface area contributed by atoms with E-state index in [4.69, 9.17) is 0 Å². The molecule has 0 radical (unpaired) electrons. The zero-order chi connectivity index (χ0) is 20.0. The van der Waals surface area contributed by atoms with Crippen LogP contribution in [-0.2, 0) is 10.8 Å². The van der Waals surface area contributed by atoms with Crippen molar-refractivity contribution in [3.63, 3.8) is 0 Å². The van der Waals surface area contributed by atoms with E-state index in [2.05, 4.69) is 97.5 Å². The normalized spacial score (nSPS) is 18.5. The van der Waals surface area contributed by atoms with Crippen LogP contribution >= 0.6 is 0 Å². The summed E-state index contributed by atoms with van der Waals surface area (Å²) in [6, 6.07) is 15.9. The number of hydrogen-bond acceptors (Lipinski definition) is 0. The van der Waals surface area contributed by atoms with Crippen LogP contribution in [0.2, 0.25) is 0 Å². The molecular formula is C27H34. The van der Waals surface area contributed by atoms with Gasteiger partial charge in [-0.05, 0) is 83.4 Å². The summed E-state index contributed by atoms with van der Waals surface area (Å²) < 4.78 is 0. The van der Waals surface area contributed by atoms with Crippen molar-refractivity contribution < 1.29 is 0 Å². The summed E-state index contributed by atoms with van der Waals surface area (Å²) in [6.07, 6.45) is 2.51. The molecule has 0 spiro atoms. The maximum Gasteiger partial charge on any atom is -0.0100 e. The van der Waals surface area contributed by atoms with Crippen molar-refractivity contribution in [1.29, 1.82) is 0 Å². The Balaban J connectivity index is 2.05. The molecule has 0 bridgehead atoms. The highest BCUT2D eigenvalue weighted by Crippen LogP contribution is 2.46. The molecule has 0 aromatic heterocycles. The van der Waals surface area contributed by atoms with Gasteiger partial charge in [0.2, 0.25) is 0 Å². The molecule has 0 unspecified atom stereocenters. The van der Waals surface area contributed by atoms with E-state index in [0.29, 0.717) is 0 Å². The summed E-state index contributed by atoms with van der Waals surface area (Å²) in [4.78, 5) is 0. The minimum Gasteiger partial charge on any atom is -0.0955 e. The molecule has 142 valence electrons. The summed E-state index contributed by atoms with van der Waals surface area (Å²) in [6.45, 7) is 20.1. The Bertz CT molecular complexity index is 902. The maximum atomic E-state index is 4.04. The molecule has 0 amide bonds. The summed E-state index contributed by atoms with van der Waals surface area (Å²) in [5.41, 5.74) is 11.2. The smallest absolute Gasteiger partial charge is 0.0100 e. The largest absolute Gasteiger partial charge is 0.0955 e. The second-order valence-corrected chi connectivity index (χ2v) is 9.64. The van der Waals surface area contributed by atoms with Crippen LogP contribution in [0.1, 0.15) is 89.1 Å². The van der Waals surface area contributed by atoms with Crippen molar-refractivity contribution >= 4 is 16.7 Å².